The summed E-state index contributed by atoms with van der Waals surface area (Å²) in [6.07, 6.45) is -4.85. The van der Waals surface area contributed by atoms with Gasteiger partial charge in [-0.2, -0.15) is 0 Å². The minimum atomic E-state index is -1.68. The topological polar surface area (TPSA) is 110 Å². The van der Waals surface area contributed by atoms with Gasteiger partial charge in [-0.3, -0.25) is 9.69 Å². The van der Waals surface area contributed by atoms with Crippen molar-refractivity contribution in [1.29, 1.82) is 0 Å². The molecule has 17 heavy (non-hydrogen) atoms. The summed E-state index contributed by atoms with van der Waals surface area (Å²) in [5.41, 5.74) is 0. The fourth-order valence-electron chi connectivity index (χ4n) is 1.58. The van der Waals surface area contributed by atoms with E-state index < -0.39 is 30.7 Å². The standard InChI is InChI=1S/C10H19NO6/c12-6-8(14)10(16)9(15)7(13)5-11-1-3-17-4-2-11/h8-10,12,14-16H,1-6H2/t8-,9-,10-/m1/s1. The van der Waals surface area contributed by atoms with E-state index in [0.717, 1.165) is 0 Å². The Hall–Kier alpha value is -0.570. The van der Waals surface area contributed by atoms with E-state index >= 15 is 0 Å². The van der Waals surface area contributed by atoms with Crippen LogP contribution in [-0.4, -0.2) is 88.9 Å². The third-order valence-electron chi connectivity index (χ3n) is 2.72. The van der Waals surface area contributed by atoms with Crippen LogP contribution < -0.4 is 0 Å². The largest absolute Gasteiger partial charge is 0.394 e. The molecule has 100 valence electrons. The first-order valence-electron chi connectivity index (χ1n) is 5.54. The number of Topliss-reactive ketones (excluding diaryl/α,β-unsaturated/α-hetero) is 1. The van der Waals surface area contributed by atoms with Crippen LogP contribution in [0.4, 0.5) is 0 Å². The van der Waals surface area contributed by atoms with E-state index in [0.29, 0.717) is 26.3 Å². The molecule has 0 spiro atoms. The third-order valence-corrected chi connectivity index (χ3v) is 2.72. The molecular formula is C10H19NO6. The summed E-state index contributed by atoms with van der Waals surface area (Å²) in [4.78, 5) is 13.4. The van der Waals surface area contributed by atoms with Crippen LogP contribution in [0.2, 0.25) is 0 Å². The van der Waals surface area contributed by atoms with Crippen molar-refractivity contribution < 1.29 is 30.0 Å². The maximum atomic E-state index is 11.6. The van der Waals surface area contributed by atoms with Crippen LogP contribution >= 0.6 is 0 Å². The van der Waals surface area contributed by atoms with Crippen LogP contribution in [0.25, 0.3) is 0 Å². The molecule has 1 rings (SSSR count). The van der Waals surface area contributed by atoms with Gasteiger partial charge in [-0.25, -0.2) is 0 Å². The molecule has 0 saturated carbocycles. The van der Waals surface area contributed by atoms with E-state index in [1.54, 1.807) is 4.90 Å². The first-order valence-corrected chi connectivity index (χ1v) is 5.54. The SMILES string of the molecule is O=C(CN1CCOCC1)[C@@H](O)[C@H](O)[C@H](O)CO. The number of carbonyl (C=O) groups excluding carboxylic acids is 1. The minimum Gasteiger partial charge on any atom is -0.394 e. The molecule has 1 saturated heterocycles. The number of hydrogen-bond donors (Lipinski definition) is 4. The van der Waals surface area contributed by atoms with Crippen molar-refractivity contribution in [1.82, 2.24) is 4.90 Å². The van der Waals surface area contributed by atoms with E-state index in [-0.39, 0.29) is 6.54 Å². The van der Waals surface area contributed by atoms with Crippen LogP contribution in [0.1, 0.15) is 0 Å². The maximum Gasteiger partial charge on any atom is 0.177 e. The quantitative estimate of drug-likeness (QED) is 0.396. The zero-order chi connectivity index (χ0) is 12.8. The normalized spacial score (nSPS) is 23.1. The number of hydrogen-bond acceptors (Lipinski definition) is 7. The Morgan fingerprint density at radius 3 is 2.35 bits per heavy atom. The second-order valence-electron chi connectivity index (χ2n) is 4.04. The lowest BCUT2D eigenvalue weighted by atomic mass is 10.0. The van der Waals surface area contributed by atoms with Gasteiger partial charge in [-0.05, 0) is 0 Å². The fourth-order valence-corrected chi connectivity index (χ4v) is 1.58. The predicted molar refractivity (Wildman–Crippen MR) is 57.4 cm³/mol. The Labute approximate surface area is 99.2 Å². The summed E-state index contributed by atoms with van der Waals surface area (Å²) in [6, 6.07) is 0. The molecule has 0 aromatic rings. The molecule has 1 aliphatic rings. The molecule has 4 N–H and O–H groups in total. The van der Waals surface area contributed by atoms with E-state index in [4.69, 9.17) is 14.9 Å². The molecule has 3 atom stereocenters. The molecule has 0 bridgehead atoms. The number of rotatable bonds is 6. The Bertz CT molecular complexity index is 243. The average Bonchev–Trinajstić information content (AvgIpc) is 2.37. The van der Waals surface area contributed by atoms with Gasteiger partial charge in [0.2, 0.25) is 0 Å². The van der Waals surface area contributed by atoms with Crippen molar-refractivity contribution >= 4 is 5.78 Å². The highest BCUT2D eigenvalue weighted by Gasteiger charge is 2.30. The van der Waals surface area contributed by atoms with Gasteiger partial charge in [0.15, 0.2) is 5.78 Å². The van der Waals surface area contributed by atoms with Gasteiger partial charge in [0.05, 0.1) is 26.4 Å². The molecule has 1 fully saturated rings. The molecule has 0 radical (unpaired) electrons. The molecule has 0 unspecified atom stereocenters. The first-order chi connectivity index (χ1) is 8.06. The summed E-state index contributed by atoms with van der Waals surface area (Å²) in [6.45, 7) is 1.55. The van der Waals surface area contributed by atoms with Gasteiger partial charge in [0.25, 0.3) is 0 Å². The van der Waals surface area contributed by atoms with Crippen molar-refractivity contribution in [3.05, 3.63) is 0 Å². The van der Waals surface area contributed by atoms with Crippen molar-refractivity contribution in [3.63, 3.8) is 0 Å². The van der Waals surface area contributed by atoms with Crippen molar-refractivity contribution in [2.24, 2.45) is 0 Å². The van der Waals surface area contributed by atoms with E-state index in [1.807, 2.05) is 0 Å². The molecule has 0 aromatic carbocycles. The number of ether oxygens (including phenoxy) is 1. The molecule has 7 heteroatoms. The second-order valence-corrected chi connectivity index (χ2v) is 4.04. The lowest BCUT2D eigenvalue weighted by molar-refractivity contribution is -0.142. The average molecular weight is 249 g/mol. The molecule has 1 aliphatic heterocycles. The van der Waals surface area contributed by atoms with Crippen LogP contribution in [0.15, 0.2) is 0 Å². The van der Waals surface area contributed by atoms with Gasteiger partial charge >= 0.3 is 0 Å². The number of ketones is 1. The summed E-state index contributed by atoms with van der Waals surface area (Å²) in [5, 5.41) is 36.6. The highest BCUT2D eigenvalue weighted by Crippen LogP contribution is 2.04. The van der Waals surface area contributed by atoms with Gasteiger partial charge in [0, 0.05) is 13.1 Å². The number of carbonyl (C=O) groups is 1. The number of morpholine rings is 1. The lowest BCUT2D eigenvalue weighted by Gasteiger charge is -2.28. The van der Waals surface area contributed by atoms with Gasteiger partial charge in [-0.15, -0.1) is 0 Å². The predicted octanol–water partition coefficient (Wildman–Crippen LogP) is -3.04. The Balaban J connectivity index is 2.40. The summed E-state index contributed by atoms with van der Waals surface area (Å²) in [7, 11) is 0. The summed E-state index contributed by atoms with van der Waals surface area (Å²) < 4.78 is 5.11. The Morgan fingerprint density at radius 2 is 1.82 bits per heavy atom. The monoisotopic (exact) mass is 249 g/mol. The zero-order valence-electron chi connectivity index (χ0n) is 9.53. The molecular weight excluding hydrogens is 230 g/mol. The number of aliphatic hydroxyl groups is 4. The minimum absolute atomic E-state index is 0.000263. The fraction of sp³-hybridized carbons (Fsp3) is 0.900. The molecule has 0 aromatic heterocycles. The first kappa shape index (κ1) is 14.5. The summed E-state index contributed by atoms with van der Waals surface area (Å²) >= 11 is 0. The Kier molecular flexibility index (Phi) is 5.96. The highest BCUT2D eigenvalue weighted by molar-refractivity contribution is 5.85. The van der Waals surface area contributed by atoms with Gasteiger partial charge < -0.3 is 25.2 Å². The lowest BCUT2D eigenvalue weighted by Crippen LogP contribution is -2.48. The molecule has 7 nitrogen and oxygen atoms in total. The van der Waals surface area contributed by atoms with Crippen LogP contribution in [0, 0.1) is 0 Å². The zero-order valence-corrected chi connectivity index (χ0v) is 9.53. The number of aliphatic hydroxyl groups excluding tert-OH is 4. The van der Waals surface area contributed by atoms with Crippen molar-refractivity contribution in [3.8, 4) is 0 Å². The van der Waals surface area contributed by atoms with Crippen LogP contribution in [0.3, 0.4) is 0 Å². The molecule has 0 aliphatic carbocycles. The van der Waals surface area contributed by atoms with Crippen LogP contribution in [0.5, 0.6) is 0 Å². The van der Waals surface area contributed by atoms with E-state index in [9.17, 15) is 15.0 Å². The maximum absolute atomic E-state index is 11.6. The molecule has 0 amide bonds. The van der Waals surface area contributed by atoms with Crippen molar-refractivity contribution in [2.45, 2.75) is 18.3 Å². The van der Waals surface area contributed by atoms with Crippen molar-refractivity contribution in [2.75, 3.05) is 39.5 Å². The molecule has 1 heterocycles. The van der Waals surface area contributed by atoms with E-state index in [2.05, 4.69) is 0 Å². The van der Waals surface area contributed by atoms with Gasteiger partial charge in [0.1, 0.15) is 18.3 Å². The van der Waals surface area contributed by atoms with E-state index in [1.165, 1.54) is 0 Å². The van der Waals surface area contributed by atoms with Crippen LogP contribution in [-0.2, 0) is 9.53 Å². The van der Waals surface area contributed by atoms with Gasteiger partial charge in [-0.1, -0.05) is 0 Å². The second kappa shape index (κ2) is 7.00. The number of nitrogens with zero attached hydrogens (tertiary/aromatic N) is 1. The smallest absolute Gasteiger partial charge is 0.177 e. The Morgan fingerprint density at radius 1 is 1.24 bits per heavy atom. The third kappa shape index (κ3) is 4.30. The summed E-state index contributed by atoms with van der Waals surface area (Å²) in [5.74, 6) is -0.577. The highest BCUT2D eigenvalue weighted by atomic mass is 16.5.